The molecule has 1 saturated heterocycles. The van der Waals surface area contributed by atoms with Gasteiger partial charge in [-0.1, -0.05) is 40.5 Å². The monoisotopic (exact) mass is 578 g/mol. The summed E-state index contributed by atoms with van der Waals surface area (Å²) < 4.78 is 39.9. The number of halogens is 5. The molecule has 1 atom stereocenters. The number of rotatable bonds is 5. The van der Waals surface area contributed by atoms with E-state index >= 15 is 0 Å². The third-order valence-electron chi connectivity index (χ3n) is 6.95. The molecule has 0 radical (unpaired) electrons. The molecule has 39 heavy (non-hydrogen) atoms. The zero-order valence-electron chi connectivity index (χ0n) is 20.5. The Morgan fingerprint density at radius 3 is 2.41 bits per heavy atom. The SMILES string of the molecule is O=C(Cn1cccc(C(F)(F)F)c1=O)N1CCC(c2cccc(C3=NOC(c4c(Cl)cccc4Cl)C3)n2)CC1. The number of nitrogens with zero attached hydrogens (tertiary/aromatic N) is 4. The molecule has 0 aliphatic carbocycles. The summed E-state index contributed by atoms with van der Waals surface area (Å²) in [5.41, 5.74) is 0.376. The molecule has 1 fully saturated rings. The van der Waals surface area contributed by atoms with Gasteiger partial charge in [0.25, 0.3) is 5.56 Å². The summed E-state index contributed by atoms with van der Waals surface area (Å²) in [5.74, 6) is -0.319. The summed E-state index contributed by atoms with van der Waals surface area (Å²) in [5, 5.41) is 5.23. The molecular formula is C27H23Cl2F3N4O3. The van der Waals surface area contributed by atoms with Gasteiger partial charge in [0, 0.05) is 52.9 Å². The van der Waals surface area contributed by atoms with E-state index in [2.05, 4.69) is 5.16 Å². The molecule has 204 valence electrons. The van der Waals surface area contributed by atoms with E-state index in [9.17, 15) is 22.8 Å². The van der Waals surface area contributed by atoms with E-state index in [0.29, 0.717) is 65.4 Å². The van der Waals surface area contributed by atoms with Crippen molar-refractivity contribution in [2.75, 3.05) is 13.1 Å². The molecule has 0 bridgehead atoms. The molecule has 2 aliphatic heterocycles. The maximum atomic E-state index is 13.0. The van der Waals surface area contributed by atoms with Crippen LogP contribution in [0.25, 0.3) is 0 Å². The number of oxime groups is 1. The van der Waals surface area contributed by atoms with Gasteiger partial charge < -0.3 is 14.3 Å². The minimum atomic E-state index is -4.78. The quantitative estimate of drug-likeness (QED) is 0.381. The van der Waals surface area contributed by atoms with E-state index in [1.54, 1.807) is 23.1 Å². The first-order valence-electron chi connectivity index (χ1n) is 12.3. The number of benzene rings is 1. The van der Waals surface area contributed by atoms with E-state index in [1.165, 1.54) is 6.20 Å². The lowest BCUT2D eigenvalue weighted by Crippen LogP contribution is -2.41. The molecule has 1 aromatic carbocycles. The molecule has 5 rings (SSSR count). The molecule has 0 N–H and O–H groups in total. The number of likely N-dealkylation sites (tertiary alicyclic amines) is 1. The Bertz CT molecular complexity index is 1460. The van der Waals surface area contributed by atoms with Crippen molar-refractivity contribution in [2.24, 2.45) is 5.16 Å². The lowest BCUT2D eigenvalue weighted by molar-refractivity contribution is -0.139. The van der Waals surface area contributed by atoms with Crippen molar-refractivity contribution in [3.8, 4) is 0 Å². The van der Waals surface area contributed by atoms with E-state index in [4.69, 9.17) is 33.0 Å². The predicted octanol–water partition coefficient (Wildman–Crippen LogP) is 5.84. The van der Waals surface area contributed by atoms with Gasteiger partial charge in [-0.25, -0.2) is 0 Å². The highest BCUT2D eigenvalue weighted by molar-refractivity contribution is 6.36. The van der Waals surface area contributed by atoms with E-state index in [-0.39, 0.29) is 5.92 Å². The Labute approximate surface area is 231 Å². The second kappa shape index (κ2) is 11.0. The highest BCUT2D eigenvalue weighted by atomic mass is 35.5. The lowest BCUT2D eigenvalue weighted by atomic mass is 9.92. The van der Waals surface area contributed by atoms with E-state index in [0.717, 1.165) is 16.3 Å². The Kier molecular flexibility index (Phi) is 7.68. The Morgan fingerprint density at radius 2 is 1.72 bits per heavy atom. The van der Waals surface area contributed by atoms with Crippen LogP contribution < -0.4 is 5.56 Å². The summed E-state index contributed by atoms with van der Waals surface area (Å²) >= 11 is 12.6. The van der Waals surface area contributed by atoms with Crippen molar-refractivity contribution in [1.29, 1.82) is 0 Å². The average Bonchev–Trinajstić information content (AvgIpc) is 3.39. The summed E-state index contributed by atoms with van der Waals surface area (Å²) in [6.07, 6.45) is -2.28. The molecular weight excluding hydrogens is 556 g/mol. The number of pyridine rings is 2. The summed E-state index contributed by atoms with van der Waals surface area (Å²) in [7, 11) is 0. The predicted molar refractivity (Wildman–Crippen MR) is 140 cm³/mol. The highest BCUT2D eigenvalue weighted by Gasteiger charge is 2.35. The lowest BCUT2D eigenvalue weighted by Gasteiger charge is -2.32. The number of carbonyl (C=O) groups excluding carboxylic acids is 1. The van der Waals surface area contributed by atoms with Crippen LogP contribution >= 0.6 is 23.2 Å². The van der Waals surface area contributed by atoms with Crippen molar-refractivity contribution in [2.45, 2.75) is 44.0 Å². The van der Waals surface area contributed by atoms with Crippen LogP contribution in [0.15, 0.2) is 64.7 Å². The van der Waals surface area contributed by atoms with Gasteiger partial charge in [0.15, 0.2) is 6.10 Å². The van der Waals surface area contributed by atoms with Gasteiger partial charge in [0.1, 0.15) is 17.8 Å². The van der Waals surface area contributed by atoms with Crippen LogP contribution in [0.3, 0.4) is 0 Å². The third-order valence-corrected chi connectivity index (χ3v) is 7.61. The van der Waals surface area contributed by atoms with Crippen molar-refractivity contribution < 1.29 is 22.8 Å². The molecule has 12 heteroatoms. The van der Waals surface area contributed by atoms with Crippen LogP contribution in [0.1, 0.15) is 53.8 Å². The van der Waals surface area contributed by atoms with Gasteiger partial charge in [0.2, 0.25) is 5.91 Å². The Hall–Kier alpha value is -3.37. The fraction of sp³-hybridized carbons (Fsp3) is 0.333. The molecule has 0 spiro atoms. The number of alkyl halides is 3. The number of piperidine rings is 1. The van der Waals surface area contributed by atoms with Gasteiger partial charge in [-0.05, 0) is 49.2 Å². The van der Waals surface area contributed by atoms with E-state index in [1.807, 2.05) is 18.2 Å². The van der Waals surface area contributed by atoms with Crippen LogP contribution in [0.5, 0.6) is 0 Å². The maximum Gasteiger partial charge on any atom is 0.421 e. The summed E-state index contributed by atoms with van der Waals surface area (Å²) in [4.78, 5) is 36.9. The summed E-state index contributed by atoms with van der Waals surface area (Å²) in [6.45, 7) is 0.359. The third kappa shape index (κ3) is 5.81. The van der Waals surface area contributed by atoms with Gasteiger partial charge in [-0.3, -0.25) is 14.6 Å². The number of amides is 1. The van der Waals surface area contributed by atoms with E-state index < -0.39 is 35.9 Å². The Morgan fingerprint density at radius 1 is 1.03 bits per heavy atom. The zero-order chi connectivity index (χ0) is 27.7. The first-order valence-corrected chi connectivity index (χ1v) is 13.1. The summed E-state index contributed by atoms with van der Waals surface area (Å²) in [6, 6.07) is 12.8. The van der Waals surface area contributed by atoms with Crippen LogP contribution in [0.4, 0.5) is 13.2 Å². The normalized spacial score (nSPS) is 18.1. The fourth-order valence-corrected chi connectivity index (χ4v) is 5.53. The molecule has 0 saturated carbocycles. The number of carbonyl (C=O) groups is 1. The smallest absolute Gasteiger partial charge is 0.387 e. The number of hydrogen-bond acceptors (Lipinski definition) is 5. The molecule has 7 nitrogen and oxygen atoms in total. The molecule has 4 heterocycles. The first-order chi connectivity index (χ1) is 18.6. The maximum absolute atomic E-state index is 13.0. The van der Waals surface area contributed by atoms with Gasteiger partial charge >= 0.3 is 6.18 Å². The second-order valence-corrected chi connectivity index (χ2v) is 10.2. The second-order valence-electron chi connectivity index (χ2n) is 9.43. The molecule has 1 amide bonds. The number of aromatic nitrogens is 2. The average molecular weight is 579 g/mol. The van der Waals surface area contributed by atoms with Crippen LogP contribution in [0.2, 0.25) is 10.0 Å². The molecule has 2 aromatic heterocycles. The number of hydrogen-bond donors (Lipinski definition) is 0. The van der Waals surface area contributed by atoms with Crippen molar-refractivity contribution >= 4 is 34.8 Å². The molecule has 2 aliphatic rings. The molecule has 3 aromatic rings. The van der Waals surface area contributed by atoms with Crippen LogP contribution in [0, 0.1) is 0 Å². The fourth-order valence-electron chi connectivity index (χ4n) is 4.89. The van der Waals surface area contributed by atoms with Crippen LogP contribution in [-0.2, 0) is 22.4 Å². The van der Waals surface area contributed by atoms with Gasteiger partial charge in [0.05, 0.1) is 5.69 Å². The Balaban J connectivity index is 1.21. The van der Waals surface area contributed by atoms with Crippen molar-refractivity contribution in [1.82, 2.24) is 14.5 Å². The van der Waals surface area contributed by atoms with Crippen LogP contribution in [-0.4, -0.2) is 39.2 Å². The minimum Gasteiger partial charge on any atom is -0.387 e. The topological polar surface area (TPSA) is 76.8 Å². The highest BCUT2D eigenvalue weighted by Crippen LogP contribution is 2.38. The zero-order valence-corrected chi connectivity index (χ0v) is 22.0. The molecule has 1 unspecified atom stereocenters. The minimum absolute atomic E-state index is 0.0852. The van der Waals surface area contributed by atoms with Crippen molar-refractivity contribution in [3.63, 3.8) is 0 Å². The largest absolute Gasteiger partial charge is 0.421 e. The van der Waals surface area contributed by atoms with Gasteiger partial charge in [-0.15, -0.1) is 0 Å². The van der Waals surface area contributed by atoms with Gasteiger partial charge in [-0.2, -0.15) is 13.2 Å². The first kappa shape index (κ1) is 27.2. The standard InChI is InChI=1S/C27H23Cl2F3N4O3/c28-18-5-1-6-19(29)25(18)23-14-22(34-39-23)21-8-2-7-20(33-21)16-9-12-35(13-10-16)24(37)15-36-11-3-4-17(26(36)38)27(30,31)32/h1-8,11,16,23H,9-10,12-15H2. The van der Waals surface area contributed by atoms with Crippen molar-refractivity contribution in [3.05, 3.63) is 97.6 Å².